The number of aliphatic hydroxyl groups is 4. The van der Waals surface area contributed by atoms with E-state index in [1.807, 2.05) is 0 Å². The van der Waals surface area contributed by atoms with Gasteiger partial charge in [-0.15, -0.1) is 0 Å². The monoisotopic (exact) mass is 394 g/mol. The van der Waals surface area contributed by atoms with Gasteiger partial charge in [0.05, 0.1) is 24.2 Å². The normalized spacial score (nSPS) is 15.3. The number of rotatable bonds is 9. The van der Waals surface area contributed by atoms with Crippen molar-refractivity contribution in [2.75, 3.05) is 17.5 Å². The van der Waals surface area contributed by atoms with E-state index in [-0.39, 0.29) is 17.1 Å². The Morgan fingerprint density at radius 1 is 0.929 bits per heavy atom. The summed E-state index contributed by atoms with van der Waals surface area (Å²) in [4.78, 5) is 0. The lowest BCUT2D eigenvalue weighted by Crippen LogP contribution is -2.44. The van der Waals surface area contributed by atoms with Gasteiger partial charge in [0.25, 0.3) is 0 Å². The van der Waals surface area contributed by atoms with Crippen molar-refractivity contribution in [1.82, 2.24) is 0 Å². The lowest BCUT2D eigenvalue weighted by Gasteiger charge is -2.21. The van der Waals surface area contributed by atoms with Crippen LogP contribution in [0.5, 0.6) is 0 Å². The SMILES string of the molecule is OC[C@@H](O)[C@@H](O)[C@H](O)C(/C=N/Nc1ccccc1F)=N\Nc1ccccc1F. The molecular formula is C18H20F2N4O4. The topological polar surface area (TPSA) is 130 Å². The number of hydrazone groups is 2. The smallest absolute Gasteiger partial charge is 0.148 e. The van der Waals surface area contributed by atoms with Crippen LogP contribution in [0.25, 0.3) is 0 Å². The van der Waals surface area contributed by atoms with E-state index in [1.165, 1.54) is 36.4 Å². The molecule has 0 fully saturated rings. The van der Waals surface area contributed by atoms with E-state index >= 15 is 0 Å². The minimum atomic E-state index is -1.80. The van der Waals surface area contributed by atoms with Crippen LogP contribution in [0.4, 0.5) is 20.2 Å². The van der Waals surface area contributed by atoms with Crippen molar-refractivity contribution in [3.05, 3.63) is 60.2 Å². The predicted molar refractivity (Wildman–Crippen MR) is 101 cm³/mol. The van der Waals surface area contributed by atoms with E-state index in [2.05, 4.69) is 21.1 Å². The minimum absolute atomic E-state index is 0.0140. The lowest BCUT2D eigenvalue weighted by molar-refractivity contribution is -0.0548. The van der Waals surface area contributed by atoms with Crippen LogP contribution in [0.1, 0.15) is 0 Å². The van der Waals surface area contributed by atoms with Crippen molar-refractivity contribution in [3.8, 4) is 0 Å². The van der Waals surface area contributed by atoms with Gasteiger partial charge in [-0.25, -0.2) is 8.78 Å². The first-order valence-electron chi connectivity index (χ1n) is 8.20. The van der Waals surface area contributed by atoms with Crippen LogP contribution >= 0.6 is 0 Å². The Bertz CT molecular complexity index is 835. The summed E-state index contributed by atoms with van der Waals surface area (Å²) in [5, 5.41) is 46.0. The van der Waals surface area contributed by atoms with Crippen molar-refractivity contribution in [1.29, 1.82) is 0 Å². The van der Waals surface area contributed by atoms with Gasteiger partial charge in [-0.3, -0.25) is 10.9 Å². The van der Waals surface area contributed by atoms with Crippen molar-refractivity contribution in [2.45, 2.75) is 18.3 Å². The largest absolute Gasteiger partial charge is 0.394 e. The van der Waals surface area contributed by atoms with Crippen LogP contribution < -0.4 is 10.9 Å². The average molecular weight is 394 g/mol. The lowest BCUT2D eigenvalue weighted by atomic mass is 10.0. The van der Waals surface area contributed by atoms with Gasteiger partial charge < -0.3 is 20.4 Å². The molecule has 0 heterocycles. The molecule has 2 aromatic carbocycles. The fourth-order valence-corrected chi connectivity index (χ4v) is 2.06. The third-order valence-corrected chi connectivity index (χ3v) is 3.64. The highest BCUT2D eigenvalue weighted by Crippen LogP contribution is 2.14. The second-order valence-electron chi connectivity index (χ2n) is 5.66. The summed E-state index contributed by atoms with van der Waals surface area (Å²) in [7, 11) is 0. The van der Waals surface area contributed by atoms with Crippen LogP contribution in [-0.4, -0.2) is 57.3 Å². The van der Waals surface area contributed by atoms with E-state index < -0.39 is 36.6 Å². The van der Waals surface area contributed by atoms with E-state index in [0.29, 0.717) is 0 Å². The summed E-state index contributed by atoms with van der Waals surface area (Å²) in [6.07, 6.45) is -4.28. The molecule has 0 saturated heterocycles. The van der Waals surface area contributed by atoms with Gasteiger partial charge >= 0.3 is 0 Å². The second kappa shape index (κ2) is 10.4. The number of aliphatic hydroxyl groups excluding tert-OH is 4. The van der Waals surface area contributed by atoms with Crippen molar-refractivity contribution in [2.24, 2.45) is 10.2 Å². The molecule has 0 unspecified atom stereocenters. The number of nitrogens with zero attached hydrogens (tertiary/aromatic N) is 2. The number of benzene rings is 2. The average Bonchev–Trinajstić information content (AvgIpc) is 2.71. The maximum atomic E-state index is 13.7. The molecular weight excluding hydrogens is 374 g/mol. The van der Waals surface area contributed by atoms with Gasteiger partial charge in [0.15, 0.2) is 0 Å². The molecule has 6 N–H and O–H groups in total. The molecule has 0 radical (unpaired) electrons. The summed E-state index contributed by atoms with van der Waals surface area (Å²) in [6.45, 7) is -0.809. The molecule has 0 aliphatic rings. The van der Waals surface area contributed by atoms with E-state index in [9.17, 15) is 24.1 Å². The summed E-state index contributed by atoms with van der Waals surface area (Å²) >= 11 is 0. The van der Waals surface area contributed by atoms with Crippen LogP contribution in [-0.2, 0) is 0 Å². The number of halogens is 2. The third-order valence-electron chi connectivity index (χ3n) is 3.64. The van der Waals surface area contributed by atoms with Gasteiger partial charge in [0, 0.05) is 0 Å². The Hall–Kier alpha value is -2.92. The zero-order valence-corrected chi connectivity index (χ0v) is 14.6. The molecule has 0 bridgehead atoms. The third kappa shape index (κ3) is 5.79. The fourth-order valence-electron chi connectivity index (χ4n) is 2.06. The van der Waals surface area contributed by atoms with Crippen molar-refractivity contribution >= 4 is 23.3 Å². The highest BCUT2D eigenvalue weighted by Gasteiger charge is 2.28. The summed E-state index contributed by atoms with van der Waals surface area (Å²) in [5.74, 6) is -1.18. The minimum Gasteiger partial charge on any atom is -0.394 e. The molecule has 0 spiro atoms. The zero-order chi connectivity index (χ0) is 20.5. The van der Waals surface area contributed by atoms with Crippen LogP contribution in [0.15, 0.2) is 58.7 Å². The maximum absolute atomic E-state index is 13.7. The molecule has 0 aromatic heterocycles. The molecule has 28 heavy (non-hydrogen) atoms. The van der Waals surface area contributed by atoms with E-state index in [4.69, 9.17) is 5.11 Å². The molecule has 2 rings (SSSR count). The van der Waals surface area contributed by atoms with E-state index in [1.54, 1.807) is 12.1 Å². The van der Waals surface area contributed by atoms with Crippen LogP contribution in [0.3, 0.4) is 0 Å². The van der Waals surface area contributed by atoms with Crippen LogP contribution in [0, 0.1) is 11.6 Å². The standard InChI is InChI=1S/C18H20F2N4O4/c19-11-5-1-3-7-13(11)22-21-9-15(17(27)18(28)16(26)10-25)24-23-14-8-4-2-6-12(14)20/h1-9,16-18,22-23,25-28H,10H2/b21-9+,24-15-/t16-,17-,18-/m1/s1. The highest BCUT2D eigenvalue weighted by atomic mass is 19.1. The van der Waals surface area contributed by atoms with Gasteiger partial charge in [0.2, 0.25) is 0 Å². The molecule has 0 amide bonds. The van der Waals surface area contributed by atoms with Crippen molar-refractivity contribution < 1.29 is 29.2 Å². The summed E-state index contributed by atoms with van der Waals surface area (Å²) < 4.78 is 27.3. The first-order valence-corrected chi connectivity index (χ1v) is 8.20. The molecule has 3 atom stereocenters. The molecule has 0 aliphatic heterocycles. The molecule has 10 heteroatoms. The first-order chi connectivity index (χ1) is 13.4. The van der Waals surface area contributed by atoms with Gasteiger partial charge in [-0.1, -0.05) is 24.3 Å². The number of hydrogen-bond acceptors (Lipinski definition) is 8. The highest BCUT2D eigenvalue weighted by molar-refractivity contribution is 6.33. The number of anilines is 2. The fraction of sp³-hybridized carbons (Fsp3) is 0.222. The molecule has 0 aliphatic carbocycles. The molecule has 0 saturated carbocycles. The van der Waals surface area contributed by atoms with Gasteiger partial charge in [-0.2, -0.15) is 10.2 Å². The van der Waals surface area contributed by atoms with Gasteiger partial charge in [-0.05, 0) is 24.3 Å². The van der Waals surface area contributed by atoms with Crippen LogP contribution in [0.2, 0.25) is 0 Å². The molecule has 8 nitrogen and oxygen atoms in total. The number of nitrogens with one attached hydrogen (secondary N) is 2. The Kier molecular flexibility index (Phi) is 7.96. The Labute approximate surface area is 159 Å². The first kappa shape index (κ1) is 21.4. The summed E-state index contributed by atoms with van der Waals surface area (Å²) in [5.41, 5.74) is 4.49. The predicted octanol–water partition coefficient (Wildman–Crippen LogP) is 0.906. The second-order valence-corrected chi connectivity index (χ2v) is 5.66. The molecule has 150 valence electrons. The maximum Gasteiger partial charge on any atom is 0.148 e. The van der Waals surface area contributed by atoms with Crippen molar-refractivity contribution in [3.63, 3.8) is 0 Å². The Morgan fingerprint density at radius 3 is 2.00 bits per heavy atom. The quantitative estimate of drug-likeness (QED) is 0.277. The zero-order valence-electron chi connectivity index (χ0n) is 14.6. The summed E-state index contributed by atoms with van der Waals surface area (Å²) in [6, 6.07) is 11.3. The Balaban J connectivity index is 2.22. The molecule has 2 aromatic rings. The number of para-hydroxylation sites is 2. The number of hydrogen-bond donors (Lipinski definition) is 6. The van der Waals surface area contributed by atoms with Gasteiger partial charge in [0.1, 0.15) is 35.7 Å². The van der Waals surface area contributed by atoms with E-state index in [0.717, 1.165) is 6.21 Å². The Morgan fingerprint density at radius 2 is 1.46 bits per heavy atom.